The molecule has 1 saturated heterocycles. The molecule has 0 aromatic heterocycles. The highest BCUT2D eigenvalue weighted by atomic mass is 16.6. The molecule has 26 heavy (non-hydrogen) atoms. The average molecular weight is 353 g/mol. The summed E-state index contributed by atoms with van der Waals surface area (Å²) in [7, 11) is 0. The fourth-order valence-corrected chi connectivity index (χ4v) is 3.26. The number of piperidine rings is 1. The summed E-state index contributed by atoms with van der Waals surface area (Å²) >= 11 is 0. The lowest BCUT2D eigenvalue weighted by molar-refractivity contribution is -0.384. The fraction of sp³-hybridized carbons (Fsp3) is 0.350. The van der Waals surface area contributed by atoms with Crippen LogP contribution in [-0.4, -0.2) is 35.4 Å². The maximum Gasteiger partial charge on any atom is 0.269 e. The SMILES string of the molecule is O=C(NCC1CCN(Cc2ccccc2)CC1)c1ccc([N+](=O)[O-])cc1. The summed E-state index contributed by atoms with van der Waals surface area (Å²) in [6.45, 7) is 3.69. The Hall–Kier alpha value is -2.73. The molecule has 0 spiro atoms. The lowest BCUT2D eigenvalue weighted by Gasteiger charge is -2.32. The first-order valence-electron chi connectivity index (χ1n) is 8.91. The van der Waals surface area contributed by atoms with E-state index in [9.17, 15) is 14.9 Å². The van der Waals surface area contributed by atoms with Crippen LogP contribution in [0, 0.1) is 16.0 Å². The van der Waals surface area contributed by atoms with Gasteiger partial charge in [-0.05, 0) is 49.5 Å². The first-order valence-corrected chi connectivity index (χ1v) is 8.91. The van der Waals surface area contributed by atoms with E-state index >= 15 is 0 Å². The predicted octanol–water partition coefficient (Wildman–Crippen LogP) is 3.24. The normalized spacial score (nSPS) is 15.5. The number of carbonyl (C=O) groups is 1. The first kappa shape index (κ1) is 18.1. The number of amides is 1. The Kier molecular flexibility index (Phi) is 5.96. The van der Waals surface area contributed by atoms with Gasteiger partial charge in [0.15, 0.2) is 0 Å². The standard InChI is InChI=1S/C20H23N3O3/c24-20(18-6-8-19(9-7-18)23(25)26)21-14-16-10-12-22(13-11-16)15-17-4-2-1-3-5-17/h1-9,16H,10-15H2,(H,21,24). The van der Waals surface area contributed by atoms with Crippen molar-refractivity contribution in [3.63, 3.8) is 0 Å². The number of hydrogen-bond acceptors (Lipinski definition) is 4. The number of nitro benzene ring substituents is 1. The van der Waals surface area contributed by atoms with E-state index in [-0.39, 0.29) is 11.6 Å². The summed E-state index contributed by atoms with van der Waals surface area (Å²) in [4.78, 5) is 24.8. The quantitative estimate of drug-likeness (QED) is 0.639. The van der Waals surface area contributed by atoms with Crippen molar-refractivity contribution in [2.75, 3.05) is 19.6 Å². The van der Waals surface area contributed by atoms with Crippen LogP contribution in [0.3, 0.4) is 0 Å². The van der Waals surface area contributed by atoms with E-state index in [1.54, 1.807) is 0 Å². The van der Waals surface area contributed by atoms with Gasteiger partial charge in [-0.1, -0.05) is 30.3 Å². The molecule has 1 aliphatic heterocycles. The smallest absolute Gasteiger partial charge is 0.269 e. The number of benzene rings is 2. The van der Waals surface area contributed by atoms with E-state index < -0.39 is 4.92 Å². The number of hydrogen-bond donors (Lipinski definition) is 1. The van der Waals surface area contributed by atoms with Gasteiger partial charge in [0.25, 0.3) is 11.6 Å². The Morgan fingerprint density at radius 1 is 1.08 bits per heavy atom. The van der Waals surface area contributed by atoms with Crippen LogP contribution >= 0.6 is 0 Å². The second kappa shape index (κ2) is 8.58. The number of nitro groups is 1. The maximum atomic E-state index is 12.2. The molecule has 0 aliphatic carbocycles. The van der Waals surface area contributed by atoms with Gasteiger partial charge in [-0.3, -0.25) is 19.8 Å². The number of non-ortho nitro benzene ring substituents is 1. The minimum absolute atomic E-state index is 0.00709. The zero-order valence-electron chi connectivity index (χ0n) is 14.6. The molecule has 1 amide bonds. The van der Waals surface area contributed by atoms with Gasteiger partial charge < -0.3 is 5.32 Å². The molecule has 1 aliphatic rings. The number of likely N-dealkylation sites (tertiary alicyclic amines) is 1. The number of carbonyl (C=O) groups excluding carboxylic acids is 1. The van der Waals surface area contributed by atoms with Gasteiger partial charge in [0.2, 0.25) is 0 Å². The molecular formula is C20H23N3O3. The van der Waals surface area contributed by atoms with Gasteiger partial charge in [-0.2, -0.15) is 0 Å². The lowest BCUT2D eigenvalue weighted by atomic mass is 9.96. The van der Waals surface area contributed by atoms with Crippen molar-refractivity contribution in [3.8, 4) is 0 Å². The molecule has 0 bridgehead atoms. The Morgan fingerprint density at radius 3 is 2.35 bits per heavy atom. The monoisotopic (exact) mass is 353 g/mol. The summed E-state index contributed by atoms with van der Waals surface area (Å²) < 4.78 is 0. The van der Waals surface area contributed by atoms with Crippen LogP contribution in [0.15, 0.2) is 54.6 Å². The van der Waals surface area contributed by atoms with Crippen molar-refractivity contribution in [2.24, 2.45) is 5.92 Å². The Balaban J connectivity index is 1.42. The molecule has 0 saturated carbocycles. The maximum absolute atomic E-state index is 12.2. The lowest BCUT2D eigenvalue weighted by Crippen LogP contribution is -2.38. The molecule has 0 atom stereocenters. The Labute approximate surface area is 153 Å². The topological polar surface area (TPSA) is 75.5 Å². The zero-order chi connectivity index (χ0) is 18.4. The molecule has 2 aromatic rings. The summed E-state index contributed by atoms with van der Waals surface area (Å²) in [6.07, 6.45) is 2.13. The molecule has 0 unspecified atom stereocenters. The highest BCUT2D eigenvalue weighted by molar-refractivity contribution is 5.94. The van der Waals surface area contributed by atoms with E-state index in [1.165, 1.54) is 29.8 Å². The summed E-state index contributed by atoms with van der Waals surface area (Å²) in [5.74, 6) is 0.302. The molecule has 1 heterocycles. The van der Waals surface area contributed by atoms with Crippen LogP contribution in [-0.2, 0) is 6.54 Å². The third kappa shape index (κ3) is 4.89. The molecule has 1 fully saturated rings. The van der Waals surface area contributed by atoms with Gasteiger partial charge >= 0.3 is 0 Å². The Bertz CT molecular complexity index is 739. The molecule has 6 heteroatoms. The van der Waals surface area contributed by atoms with Crippen molar-refractivity contribution in [1.29, 1.82) is 0 Å². The summed E-state index contributed by atoms with van der Waals surface area (Å²) in [5, 5.41) is 13.6. The summed E-state index contributed by atoms with van der Waals surface area (Å²) in [5.41, 5.74) is 1.78. The number of nitrogens with one attached hydrogen (secondary N) is 1. The molecular weight excluding hydrogens is 330 g/mol. The highest BCUT2D eigenvalue weighted by Gasteiger charge is 2.20. The van der Waals surface area contributed by atoms with Crippen LogP contribution in [0.4, 0.5) is 5.69 Å². The zero-order valence-corrected chi connectivity index (χ0v) is 14.6. The van der Waals surface area contributed by atoms with Crippen LogP contribution in [0.1, 0.15) is 28.8 Å². The first-order chi connectivity index (χ1) is 12.6. The van der Waals surface area contributed by atoms with Crippen molar-refractivity contribution in [3.05, 3.63) is 75.8 Å². The van der Waals surface area contributed by atoms with Gasteiger partial charge in [0.05, 0.1) is 4.92 Å². The van der Waals surface area contributed by atoms with Crippen molar-refractivity contribution >= 4 is 11.6 Å². The van der Waals surface area contributed by atoms with Gasteiger partial charge in [-0.15, -0.1) is 0 Å². The van der Waals surface area contributed by atoms with Gasteiger partial charge in [0.1, 0.15) is 0 Å². The second-order valence-corrected chi connectivity index (χ2v) is 6.72. The van der Waals surface area contributed by atoms with E-state index in [2.05, 4.69) is 34.5 Å². The van der Waals surface area contributed by atoms with Crippen molar-refractivity contribution in [1.82, 2.24) is 10.2 Å². The van der Waals surface area contributed by atoms with Crippen LogP contribution < -0.4 is 5.32 Å². The van der Waals surface area contributed by atoms with Crippen molar-refractivity contribution in [2.45, 2.75) is 19.4 Å². The molecule has 136 valence electrons. The van der Waals surface area contributed by atoms with Gasteiger partial charge in [0, 0.05) is 30.8 Å². The molecule has 6 nitrogen and oxygen atoms in total. The fourth-order valence-electron chi connectivity index (χ4n) is 3.26. The Morgan fingerprint density at radius 2 is 1.73 bits per heavy atom. The molecule has 3 rings (SSSR count). The van der Waals surface area contributed by atoms with Crippen molar-refractivity contribution < 1.29 is 9.72 Å². The van der Waals surface area contributed by atoms with Crippen LogP contribution in [0.25, 0.3) is 0 Å². The van der Waals surface area contributed by atoms with Crippen LogP contribution in [0.5, 0.6) is 0 Å². The second-order valence-electron chi connectivity index (χ2n) is 6.72. The predicted molar refractivity (Wildman–Crippen MR) is 99.9 cm³/mol. The minimum atomic E-state index is -0.467. The summed E-state index contributed by atoms with van der Waals surface area (Å²) in [6, 6.07) is 16.2. The highest BCUT2D eigenvalue weighted by Crippen LogP contribution is 2.19. The number of rotatable bonds is 6. The number of nitrogens with zero attached hydrogens (tertiary/aromatic N) is 2. The van der Waals surface area contributed by atoms with E-state index in [1.807, 2.05) is 6.07 Å². The average Bonchev–Trinajstić information content (AvgIpc) is 2.68. The largest absolute Gasteiger partial charge is 0.352 e. The molecule has 2 aromatic carbocycles. The van der Waals surface area contributed by atoms with E-state index in [0.29, 0.717) is 18.0 Å². The van der Waals surface area contributed by atoms with E-state index in [4.69, 9.17) is 0 Å². The van der Waals surface area contributed by atoms with E-state index in [0.717, 1.165) is 32.5 Å². The van der Waals surface area contributed by atoms with Gasteiger partial charge in [-0.25, -0.2) is 0 Å². The third-order valence-corrected chi connectivity index (χ3v) is 4.85. The van der Waals surface area contributed by atoms with Crippen LogP contribution in [0.2, 0.25) is 0 Å². The molecule has 0 radical (unpaired) electrons. The third-order valence-electron chi connectivity index (χ3n) is 4.85. The molecule has 1 N–H and O–H groups in total. The minimum Gasteiger partial charge on any atom is -0.352 e.